The Balaban J connectivity index is 1.82. The summed E-state index contributed by atoms with van der Waals surface area (Å²) in [5.74, 6) is 1.72. The molecule has 172 valence electrons. The third kappa shape index (κ3) is 6.48. The maximum Gasteiger partial charge on any atom is 0.270 e. The molecule has 0 bridgehead atoms. The smallest absolute Gasteiger partial charge is 0.270 e. The Kier molecular flexibility index (Phi) is 9.14. The van der Waals surface area contributed by atoms with Crippen molar-refractivity contribution in [3.8, 4) is 12.1 Å². The molecule has 0 spiro atoms. The largest absolute Gasteiger partial charge is 0.360 e. The predicted octanol–water partition coefficient (Wildman–Crippen LogP) is 0.685. The van der Waals surface area contributed by atoms with Gasteiger partial charge in [0.25, 0.3) is 11.5 Å². The minimum Gasteiger partial charge on any atom is -0.360 e. The number of carbonyl (C=O) groups excluding carboxylic acids is 1. The second kappa shape index (κ2) is 12.3. The Hall–Kier alpha value is -3.05. The first-order valence-electron chi connectivity index (χ1n) is 10.7. The summed E-state index contributed by atoms with van der Waals surface area (Å²) in [6.45, 7) is 5.19. The van der Waals surface area contributed by atoms with Crippen molar-refractivity contribution >= 4 is 46.5 Å². The summed E-state index contributed by atoms with van der Waals surface area (Å²) in [6, 6.07) is 11.8. The average Bonchev–Trinajstić information content (AvgIpc) is 3.16. The first kappa shape index (κ1) is 24.6. The fourth-order valence-corrected chi connectivity index (χ4v) is 5.54. The molecule has 1 aliphatic rings. The summed E-state index contributed by atoms with van der Waals surface area (Å²) in [6.07, 6.45) is 2.58. The van der Waals surface area contributed by atoms with Gasteiger partial charge in [-0.3, -0.25) is 14.2 Å². The fourth-order valence-electron chi connectivity index (χ4n) is 3.47. The first-order chi connectivity index (χ1) is 16.1. The molecule has 2 heterocycles. The maximum atomic E-state index is 12.8. The minimum atomic E-state index is -0.665. The summed E-state index contributed by atoms with van der Waals surface area (Å²) in [7, 11) is 0. The molecule has 0 radical (unpaired) electrons. The maximum absolute atomic E-state index is 12.8. The number of anilines is 1. The Morgan fingerprint density at radius 3 is 2.76 bits per heavy atom. The van der Waals surface area contributed by atoms with E-state index in [0.717, 1.165) is 43.1 Å². The monoisotopic (exact) mass is 482 g/mol. The number of nitrogens with one attached hydrogen (secondary N) is 2. The second-order valence-corrected chi connectivity index (χ2v) is 9.60. The SMILES string of the molecule is CCn1c(=C(C#N)C(=O)NCC#N)sc(=CNc2cccc(CCN3CCSCC3)c2)c1=O. The van der Waals surface area contributed by atoms with Gasteiger partial charge in [0, 0.05) is 49.6 Å². The van der Waals surface area contributed by atoms with Gasteiger partial charge in [-0.1, -0.05) is 12.1 Å². The van der Waals surface area contributed by atoms with Gasteiger partial charge in [0.1, 0.15) is 21.8 Å². The molecular weight excluding hydrogens is 456 g/mol. The molecule has 0 atom stereocenters. The van der Waals surface area contributed by atoms with Crippen molar-refractivity contribution < 1.29 is 4.79 Å². The predicted molar refractivity (Wildman–Crippen MR) is 133 cm³/mol. The lowest BCUT2D eigenvalue weighted by molar-refractivity contribution is -0.115. The van der Waals surface area contributed by atoms with E-state index >= 15 is 0 Å². The zero-order chi connectivity index (χ0) is 23.6. The van der Waals surface area contributed by atoms with Crippen LogP contribution in [0.2, 0.25) is 0 Å². The molecule has 10 heteroatoms. The van der Waals surface area contributed by atoms with Crippen molar-refractivity contribution in [2.24, 2.45) is 0 Å². The third-order valence-corrected chi connectivity index (χ3v) is 7.29. The number of thiazole rings is 1. The van der Waals surface area contributed by atoms with E-state index in [0.29, 0.717) is 11.1 Å². The molecule has 1 saturated heterocycles. The molecule has 1 aromatic heterocycles. The topological polar surface area (TPSA) is 114 Å². The van der Waals surface area contributed by atoms with Crippen LogP contribution in [-0.4, -0.2) is 53.1 Å². The number of aromatic nitrogens is 1. The van der Waals surface area contributed by atoms with Gasteiger partial charge in [-0.15, -0.1) is 11.3 Å². The number of rotatable bonds is 8. The lowest BCUT2D eigenvalue weighted by Crippen LogP contribution is -2.34. The van der Waals surface area contributed by atoms with Crippen LogP contribution in [0, 0.1) is 22.7 Å². The lowest BCUT2D eigenvalue weighted by Gasteiger charge is -2.26. The van der Waals surface area contributed by atoms with Crippen LogP contribution in [0.4, 0.5) is 5.69 Å². The van der Waals surface area contributed by atoms with Crippen molar-refractivity contribution in [3.63, 3.8) is 0 Å². The molecule has 2 N–H and O–H groups in total. The first-order valence-corrected chi connectivity index (χ1v) is 12.7. The zero-order valence-electron chi connectivity index (χ0n) is 18.5. The molecule has 1 amide bonds. The van der Waals surface area contributed by atoms with E-state index in [1.807, 2.05) is 30.0 Å². The average molecular weight is 483 g/mol. The molecule has 2 aromatic rings. The highest BCUT2D eigenvalue weighted by Gasteiger charge is 2.15. The van der Waals surface area contributed by atoms with Crippen molar-refractivity contribution in [1.82, 2.24) is 14.8 Å². The van der Waals surface area contributed by atoms with Crippen LogP contribution in [0.3, 0.4) is 0 Å². The number of hydrogen-bond acceptors (Lipinski definition) is 8. The van der Waals surface area contributed by atoms with E-state index in [1.54, 1.807) is 19.2 Å². The van der Waals surface area contributed by atoms with Gasteiger partial charge >= 0.3 is 0 Å². The van der Waals surface area contributed by atoms with Gasteiger partial charge in [-0.05, 0) is 31.0 Å². The Morgan fingerprint density at radius 2 is 2.06 bits per heavy atom. The van der Waals surface area contributed by atoms with E-state index in [4.69, 9.17) is 5.26 Å². The number of benzene rings is 1. The van der Waals surface area contributed by atoms with Crippen LogP contribution in [0.1, 0.15) is 12.5 Å². The van der Waals surface area contributed by atoms with Crippen molar-refractivity contribution in [2.45, 2.75) is 19.9 Å². The highest BCUT2D eigenvalue weighted by atomic mass is 32.2. The second-order valence-electron chi connectivity index (χ2n) is 7.34. The van der Waals surface area contributed by atoms with Gasteiger partial charge in [0.05, 0.1) is 6.07 Å². The number of carbonyl (C=O) groups is 1. The molecule has 1 aliphatic heterocycles. The molecule has 8 nitrogen and oxygen atoms in total. The van der Waals surface area contributed by atoms with Crippen LogP contribution < -0.4 is 25.4 Å². The summed E-state index contributed by atoms with van der Waals surface area (Å²) >= 11 is 3.08. The summed E-state index contributed by atoms with van der Waals surface area (Å²) in [5.41, 5.74) is 1.64. The highest BCUT2D eigenvalue weighted by molar-refractivity contribution is 7.99. The zero-order valence-corrected chi connectivity index (χ0v) is 20.1. The molecule has 0 saturated carbocycles. The van der Waals surface area contributed by atoms with Crippen molar-refractivity contribution in [3.05, 3.63) is 49.4 Å². The highest BCUT2D eigenvalue weighted by Crippen LogP contribution is 2.13. The minimum absolute atomic E-state index is 0.174. The number of hydrogen-bond donors (Lipinski definition) is 2. The molecule has 3 rings (SSSR count). The van der Waals surface area contributed by atoms with E-state index in [2.05, 4.69) is 27.7 Å². The van der Waals surface area contributed by atoms with E-state index in [9.17, 15) is 14.9 Å². The Morgan fingerprint density at radius 1 is 1.27 bits per heavy atom. The normalized spacial score (nSPS) is 15.4. The van der Waals surface area contributed by atoms with E-state index in [-0.39, 0.29) is 22.3 Å². The van der Waals surface area contributed by atoms with Gasteiger partial charge in [0.15, 0.2) is 5.57 Å². The fraction of sp³-hybridized carbons (Fsp3) is 0.391. The number of nitriles is 2. The molecule has 0 aliphatic carbocycles. The summed E-state index contributed by atoms with van der Waals surface area (Å²) < 4.78 is 2.07. The van der Waals surface area contributed by atoms with Gasteiger partial charge in [-0.25, -0.2) is 0 Å². The van der Waals surface area contributed by atoms with Crippen LogP contribution in [-0.2, 0) is 17.8 Å². The van der Waals surface area contributed by atoms with E-state index in [1.165, 1.54) is 21.6 Å². The Bertz CT molecular complexity index is 1250. The van der Waals surface area contributed by atoms with Crippen LogP contribution >= 0.6 is 23.1 Å². The van der Waals surface area contributed by atoms with Crippen LogP contribution in [0.25, 0.3) is 11.8 Å². The number of thioether (sulfide) groups is 1. The van der Waals surface area contributed by atoms with Gasteiger partial charge < -0.3 is 15.5 Å². The lowest BCUT2D eigenvalue weighted by atomic mass is 10.1. The Labute approximate surface area is 200 Å². The molecule has 0 unspecified atom stereocenters. The number of nitrogens with zero attached hydrogens (tertiary/aromatic N) is 4. The molecule has 1 aromatic carbocycles. The third-order valence-electron chi connectivity index (χ3n) is 5.22. The number of amides is 1. The molecule has 33 heavy (non-hydrogen) atoms. The van der Waals surface area contributed by atoms with Gasteiger partial charge in [0.2, 0.25) is 0 Å². The van der Waals surface area contributed by atoms with Gasteiger partial charge in [-0.2, -0.15) is 22.3 Å². The van der Waals surface area contributed by atoms with E-state index < -0.39 is 5.91 Å². The van der Waals surface area contributed by atoms with Crippen LogP contribution in [0.5, 0.6) is 0 Å². The van der Waals surface area contributed by atoms with Crippen molar-refractivity contribution in [1.29, 1.82) is 10.5 Å². The van der Waals surface area contributed by atoms with Crippen molar-refractivity contribution in [2.75, 3.05) is 43.0 Å². The summed E-state index contributed by atoms with van der Waals surface area (Å²) in [4.78, 5) is 27.6. The standard InChI is InChI=1S/C23H26N6O2S2/c1-2-29-22(31)20(33-23(29)19(15-25)21(30)26-8-7-24)16-27-18-5-3-4-17(14-18)6-9-28-10-12-32-13-11-28/h3-5,14,16,27H,2,6,8-13H2,1H3,(H,26,30). The molecular formula is C23H26N6O2S2. The quantitative estimate of drug-likeness (QED) is 0.532. The summed E-state index contributed by atoms with van der Waals surface area (Å²) in [5, 5.41) is 23.7. The van der Waals surface area contributed by atoms with Crippen LogP contribution in [0.15, 0.2) is 29.1 Å². The molecule has 1 fully saturated rings.